The molecule has 18 heavy (non-hydrogen) atoms. The number of halogens is 3. The Balaban J connectivity index is 2.13. The molecule has 1 saturated heterocycles. The number of rotatable bonds is 0. The summed E-state index contributed by atoms with van der Waals surface area (Å²) >= 11 is 0.626. The molecular formula is C12H9F3N2S. The molecule has 2 heterocycles. The number of alkyl halides is 3. The molecule has 0 radical (unpaired) electrons. The monoisotopic (exact) mass is 270 g/mol. The Morgan fingerprint density at radius 2 is 2.00 bits per heavy atom. The van der Waals surface area contributed by atoms with Gasteiger partial charge in [-0.25, -0.2) is 0 Å². The van der Waals surface area contributed by atoms with Crippen molar-refractivity contribution in [3.05, 3.63) is 46.6 Å². The van der Waals surface area contributed by atoms with E-state index in [0.717, 1.165) is 6.07 Å². The molecule has 1 atom stereocenters. The Bertz CT molecular complexity index is 560. The molecule has 0 aromatic carbocycles. The average molecular weight is 270 g/mol. The van der Waals surface area contributed by atoms with Crippen LogP contribution in [0.4, 0.5) is 13.2 Å². The van der Waals surface area contributed by atoms with Gasteiger partial charge in [-0.05, 0) is 12.1 Å². The Morgan fingerprint density at radius 3 is 2.50 bits per heavy atom. The fourth-order valence-electron chi connectivity index (χ4n) is 1.39. The second-order valence-corrected chi connectivity index (χ2v) is 4.72. The van der Waals surface area contributed by atoms with E-state index in [2.05, 4.69) is 35.6 Å². The van der Waals surface area contributed by atoms with Crippen molar-refractivity contribution in [1.82, 2.24) is 10.6 Å². The second kappa shape index (κ2) is 4.42. The van der Waals surface area contributed by atoms with Gasteiger partial charge in [0.1, 0.15) is 10.9 Å². The van der Waals surface area contributed by atoms with Crippen molar-refractivity contribution in [3.63, 3.8) is 0 Å². The van der Waals surface area contributed by atoms with Crippen molar-refractivity contribution in [2.24, 2.45) is 0 Å². The van der Waals surface area contributed by atoms with Gasteiger partial charge in [-0.15, -0.1) is 11.3 Å². The van der Waals surface area contributed by atoms with E-state index in [1.54, 1.807) is 0 Å². The molecule has 1 aliphatic rings. The van der Waals surface area contributed by atoms with E-state index < -0.39 is 11.1 Å². The lowest BCUT2D eigenvalue weighted by atomic mass is 10.2. The summed E-state index contributed by atoms with van der Waals surface area (Å²) in [4.78, 5) is -0.276. The summed E-state index contributed by atoms with van der Waals surface area (Å²) in [7, 11) is 0. The first-order valence-corrected chi connectivity index (χ1v) is 5.78. The van der Waals surface area contributed by atoms with Crippen LogP contribution in [0.3, 0.4) is 0 Å². The van der Waals surface area contributed by atoms with Crippen molar-refractivity contribution in [2.75, 3.05) is 0 Å². The lowest BCUT2D eigenvalue weighted by Crippen LogP contribution is -2.18. The quantitative estimate of drug-likeness (QED) is 0.708. The van der Waals surface area contributed by atoms with E-state index in [9.17, 15) is 13.2 Å². The predicted octanol–water partition coefficient (Wildman–Crippen LogP) is 2.66. The highest BCUT2D eigenvalue weighted by atomic mass is 32.1. The summed E-state index contributed by atoms with van der Waals surface area (Å²) < 4.78 is 37.1. The van der Waals surface area contributed by atoms with Gasteiger partial charge in [0.15, 0.2) is 0 Å². The molecule has 1 aromatic rings. The smallest absolute Gasteiger partial charge is 0.354 e. The normalized spacial score (nSPS) is 18.9. The molecule has 2 rings (SSSR count). The van der Waals surface area contributed by atoms with E-state index >= 15 is 0 Å². The molecule has 94 valence electrons. The van der Waals surface area contributed by atoms with E-state index in [1.165, 1.54) is 6.07 Å². The Kier molecular flexibility index (Phi) is 3.09. The number of hydrogen-bond acceptors (Lipinski definition) is 3. The van der Waals surface area contributed by atoms with E-state index in [0.29, 0.717) is 27.7 Å². The lowest BCUT2D eigenvalue weighted by Gasteiger charge is -2.00. The van der Waals surface area contributed by atoms with Gasteiger partial charge in [0.2, 0.25) is 0 Å². The van der Waals surface area contributed by atoms with Crippen molar-refractivity contribution in [3.8, 4) is 11.8 Å². The summed E-state index contributed by atoms with van der Waals surface area (Å²) in [6, 6.07) is 2.07. The minimum Gasteiger partial charge on any atom is -0.354 e. The van der Waals surface area contributed by atoms with E-state index in [-0.39, 0.29) is 6.04 Å². The van der Waals surface area contributed by atoms with Gasteiger partial charge in [-0.2, -0.15) is 13.2 Å². The zero-order valence-corrected chi connectivity index (χ0v) is 10.0. The largest absolute Gasteiger partial charge is 0.425 e. The Hall–Kier alpha value is -1.87. The molecule has 1 aromatic heterocycles. The van der Waals surface area contributed by atoms with Crippen LogP contribution in [0.2, 0.25) is 0 Å². The Labute approximate surface area is 106 Å². The molecule has 0 spiro atoms. The maximum Gasteiger partial charge on any atom is 0.425 e. The van der Waals surface area contributed by atoms with Gasteiger partial charge in [0, 0.05) is 5.70 Å². The maximum absolute atomic E-state index is 12.4. The number of thiophene rings is 1. The zero-order valence-electron chi connectivity index (χ0n) is 9.19. The van der Waals surface area contributed by atoms with Crippen molar-refractivity contribution in [2.45, 2.75) is 12.2 Å². The van der Waals surface area contributed by atoms with Crippen molar-refractivity contribution in [1.29, 1.82) is 0 Å². The van der Waals surface area contributed by atoms with Gasteiger partial charge in [-0.3, -0.25) is 0 Å². The first-order chi connectivity index (χ1) is 8.36. The van der Waals surface area contributed by atoms with Crippen LogP contribution in [0.1, 0.15) is 9.75 Å². The summed E-state index contributed by atoms with van der Waals surface area (Å²) in [5, 5.41) is 5.77. The highest BCUT2D eigenvalue weighted by Gasteiger charge is 2.32. The predicted molar refractivity (Wildman–Crippen MR) is 64.5 cm³/mol. The minimum absolute atomic E-state index is 0.325. The van der Waals surface area contributed by atoms with Crippen LogP contribution in [0.15, 0.2) is 36.8 Å². The van der Waals surface area contributed by atoms with Crippen LogP contribution < -0.4 is 10.6 Å². The van der Waals surface area contributed by atoms with Crippen LogP contribution in [0, 0.1) is 11.8 Å². The maximum atomic E-state index is 12.4. The first-order valence-electron chi connectivity index (χ1n) is 4.96. The fourth-order valence-corrected chi connectivity index (χ4v) is 2.12. The molecule has 0 amide bonds. The van der Waals surface area contributed by atoms with Crippen molar-refractivity contribution >= 4 is 11.3 Å². The molecule has 6 heteroatoms. The zero-order chi connectivity index (χ0) is 13.3. The minimum atomic E-state index is -4.31. The highest BCUT2D eigenvalue weighted by molar-refractivity contribution is 7.12. The van der Waals surface area contributed by atoms with Gasteiger partial charge in [0.25, 0.3) is 0 Å². The molecule has 2 nitrogen and oxygen atoms in total. The van der Waals surface area contributed by atoms with Gasteiger partial charge in [0.05, 0.1) is 10.7 Å². The molecule has 1 aliphatic heterocycles. The van der Waals surface area contributed by atoms with Crippen LogP contribution in [-0.2, 0) is 6.18 Å². The van der Waals surface area contributed by atoms with E-state index in [4.69, 9.17) is 0 Å². The Morgan fingerprint density at radius 1 is 1.28 bits per heavy atom. The highest BCUT2D eigenvalue weighted by Crippen LogP contribution is 2.34. The molecule has 2 N–H and O–H groups in total. The fraction of sp³-hybridized carbons (Fsp3) is 0.167. The number of nitrogens with one attached hydrogen (secondary N) is 2. The van der Waals surface area contributed by atoms with Crippen molar-refractivity contribution < 1.29 is 13.2 Å². The lowest BCUT2D eigenvalue weighted by molar-refractivity contribution is -0.134. The van der Waals surface area contributed by atoms with Crippen LogP contribution in [0.25, 0.3) is 0 Å². The van der Waals surface area contributed by atoms with Crippen LogP contribution >= 0.6 is 11.3 Å². The SMILES string of the molecule is C=C1NC(=C)C(C#Cc2ccc(C(F)(F)F)s2)N1. The molecule has 0 aliphatic carbocycles. The molecule has 1 fully saturated rings. The van der Waals surface area contributed by atoms with Crippen LogP contribution in [0.5, 0.6) is 0 Å². The molecular weight excluding hydrogens is 261 g/mol. The summed E-state index contributed by atoms with van der Waals surface area (Å²) in [5.74, 6) is 6.08. The van der Waals surface area contributed by atoms with Gasteiger partial charge in [-0.1, -0.05) is 25.0 Å². The summed E-state index contributed by atoms with van der Waals surface area (Å²) in [5.41, 5.74) is 0.639. The third kappa shape index (κ3) is 2.68. The third-order valence-electron chi connectivity index (χ3n) is 2.20. The second-order valence-electron chi connectivity index (χ2n) is 3.64. The van der Waals surface area contributed by atoms with Gasteiger partial charge >= 0.3 is 6.18 Å². The first kappa shape index (κ1) is 12.6. The third-order valence-corrected chi connectivity index (χ3v) is 3.25. The molecule has 1 unspecified atom stereocenters. The molecule has 0 saturated carbocycles. The van der Waals surface area contributed by atoms with Gasteiger partial charge < -0.3 is 10.6 Å². The summed E-state index contributed by atoms with van der Waals surface area (Å²) in [6.45, 7) is 7.38. The average Bonchev–Trinajstić information content (AvgIpc) is 2.81. The molecule has 0 bridgehead atoms. The standard InChI is InChI=1S/C12H9F3N2S/c1-7-10(17-8(2)16-7)5-3-9-4-6-11(18-9)12(13,14)15/h4,6,10,16-17H,1-2H2. The van der Waals surface area contributed by atoms with Crippen LogP contribution in [-0.4, -0.2) is 6.04 Å². The number of hydrogen-bond donors (Lipinski definition) is 2. The topological polar surface area (TPSA) is 24.1 Å². The summed E-state index contributed by atoms with van der Waals surface area (Å²) in [6.07, 6.45) is -4.31. The van der Waals surface area contributed by atoms with E-state index in [1.807, 2.05) is 0 Å².